The fourth-order valence-electron chi connectivity index (χ4n) is 6.76. The molecule has 0 radical (unpaired) electrons. The summed E-state index contributed by atoms with van der Waals surface area (Å²) in [6.07, 6.45) is 2.57. The standard InChI is InChI=1S/C38H39FN6O5/c1-21(2)32-34(22(3)15-16-40-32)45-36-29(35(42-37(45)46)44-18-17-43(38(47)48)20-23(44)4)19-28(24-9-10-24)33(41-36)27-7-6-8-30(31(27)39)50-26-13-11-25(49-5)12-14-26/h6-8,11-16,19,21,23-24H,9-10,17-18,20H2,1-5H3,(H,47,48). The van der Waals surface area contributed by atoms with Crippen LogP contribution in [0.4, 0.5) is 15.0 Å². The van der Waals surface area contributed by atoms with Gasteiger partial charge in [0.25, 0.3) is 0 Å². The van der Waals surface area contributed by atoms with Crippen molar-refractivity contribution in [2.45, 2.75) is 58.4 Å². The number of benzene rings is 2. The Morgan fingerprint density at radius 2 is 1.78 bits per heavy atom. The molecule has 258 valence electrons. The summed E-state index contributed by atoms with van der Waals surface area (Å²) in [5, 5.41) is 10.3. The van der Waals surface area contributed by atoms with E-state index in [4.69, 9.17) is 14.5 Å². The van der Waals surface area contributed by atoms with Crippen LogP contribution >= 0.6 is 0 Å². The summed E-state index contributed by atoms with van der Waals surface area (Å²) >= 11 is 0. The monoisotopic (exact) mass is 678 g/mol. The molecule has 1 aliphatic heterocycles. The number of rotatable bonds is 8. The molecule has 2 aliphatic rings. The number of ether oxygens (including phenoxy) is 2. The van der Waals surface area contributed by atoms with Crippen molar-refractivity contribution in [1.29, 1.82) is 0 Å². The van der Waals surface area contributed by atoms with Crippen LogP contribution in [-0.2, 0) is 0 Å². The molecule has 50 heavy (non-hydrogen) atoms. The number of piperazine rings is 1. The van der Waals surface area contributed by atoms with E-state index in [1.807, 2.05) is 44.7 Å². The minimum atomic E-state index is -0.986. The Hall–Kier alpha value is -5.52. The molecule has 1 saturated carbocycles. The predicted octanol–water partition coefficient (Wildman–Crippen LogP) is 7.28. The first-order valence-electron chi connectivity index (χ1n) is 16.8. The van der Waals surface area contributed by atoms with Gasteiger partial charge in [-0.15, -0.1) is 0 Å². The van der Waals surface area contributed by atoms with Gasteiger partial charge in [0.15, 0.2) is 17.2 Å². The second kappa shape index (κ2) is 13.1. The maximum atomic E-state index is 16.6. The van der Waals surface area contributed by atoms with Crippen LogP contribution in [0.25, 0.3) is 28.0 Å². The Morgan fingerprint density at radius 3 is 2.44 bits per heavy atom. The number of aryl methyl sites for hydroxylation is 1. The Balaban J connectivity index is 1.47. The number of hydrogen-bond donors (Lipinski definition) is 1. The van der Waals surface area contributed by atoms with Gasteiger partial charge in [-0.05, 0) is 98.2 Å². The number of hydrogen-bond acceptors (Lipinski definition) is 8. The third-order valence-corrected chi connectivity index (χ3v) is 9.50. The minimum Gasteiger partial charge on any atom is -0.497 e. The molecule has 12 heteroatoms. The first-order chi connectivity index (χ1) is 24.0. The van der Waals surface area contributed by atoms with E-state index < -0.39 is 17.6 Å². The highest BCUT2D eigenvalue weighted by Gasteiger charge is 2.34. The van der Waals surface area contributed by atoms with Crippen molar-refractivity contribution in [3.8, 4) is 34.2 Å². The number of anilines is 1. The Bertz CT molecular complexity index is 2160. The summed E-state index contributed by atoms with van der Waals surface area (Å²) < 4.78 is 29.3. The zero-order valence-electron chi connectivity index (χ0n) is 28.7. The molecule has 0 spiro atoms. The SMILES string of the molecule is COc1ccc(Oc2cccc(-c3nc4c(cc3C3CC3)c(N3CCN(C(=O)O)CC3C)nc(=O)n4-c3c(C)ccnc3C(C)C)c2F)cc1. The van der Waals surface area contributed by atoms with E-state index in [0.717, 1.165) is 24.0 Å². The molecule has 2 aromatic carbocycles. The summed E-state index contributed by atoms with van der Waals surface area (Å²) in [6.45, 7) is 8.73. The highest BCUT2D eigenvalue weighted by molar-refractivity contribution is 5.92. The average molecular weight is 679 g/mol. The van der Waals surface area contributed by atoms with Gasteiger partial charge in [0.05, 0.1) is 29.6 Å². The molecule has 2 fully saturated rings. The van der Waals surface area contributed by atoms with Crippen molar-refractivity contribution >= 4 is 22.9 Å². The Morgan fingerprint density at radius 1 is 1.04 bits per heavy atom. The quantitative estimate of drug-likeness (QED) is 0.180. The van der Waals surface area contributed by atoms with E-state index in [9.17, 15) is 14.7 Å². The number of aromatic nitrogens is 4. The van der Waals surface area contributed by atoms with Gasteiger partial charge in [-0.1, -0.05) is 19.9 Å². The van der Waals surface area contributed by atoms with Crippen molar-refractivity contribution < 1.29 is 23.8 Å². The third kappa shape index (κ3) is 5.99. The molecular weight excluding hydrogens is 639 g/mol. The van der Waals surface area contributed by atoms with Crippen LogP contribution in [0, 0.1) is 12.7 Å². The number of nitrogens with zero attached hydrogens (tertiary/aromatic N) is 6. The Labute approximate surface area is 289 Å². The van der Waals surface area contributed by atoms with Crippen LogP contribution in [0.15, 0.2) is 65.6 Å². The Kier molecular flexibility index (Phi) is 8.63. The molecule has 1 N–H and O–H groups in total. The molecule has 1 amide bonds. The first-order valence-corrected chi connectivity index (χ1v) is 16.8. The van der Waals surface area contributed by atoms with Gasteiger partial charge in [-0.2, -0.15) is 4.98 Å². The van der Waals surface area contributed by atoms with E-state index in [0.29, 0.717) is 52.0 Å². The lowest BCUT2D eigenvalue weighted by Crippen LogP contribution is -2.54. The third-order valence-electron chi connectivity index (χ3n) is 9.50. The second-order valence-corrected chi connectivity index (χ2v) is 13.3. The highest BCUT2D eigenvalue weighted by Crippen LogP contribution is 2.47. The average Bonchev–Trinajstić information content (AvgIpc) is 3.95. The van der Waals surface area contributed by atoms with E-state index in [1.54, 1.807) is 55.8 Å². The number of halogens is 1. The smallest absolute Gasteiger partial charge is 0.407 e. The lowest BCUT2D eigenvalue weighted by Gasteiger charge is -2.39. The molecule has 4 heterocycles. The molecule has 1 atom stereocenters. The maximum absolute atomic E-state index is 16.6. The van der Waals surface area contributed by atoms with Gasteiger partial charge < -0.3 is 24.4 Å². The lowest BCUT2D eigenvalue weighted by molar-refractivity contribution is 0.136. The molecule has 5 aromatic rings. The van der Waals surface area contributed by atoms with Crippen LogP contribution in [-0.4, -0.2) is 68.4 Å². The van der Waals surface area contributed by atoms with E-state index >= 15 is 4.39 Å². The number of carbonyl (C=O) groups is 1. The van der Waals surface area contributed by atoms with Crippen LogP contribution in [0.1, 0.15) is 62.3 Å². The van der Waals surface area contributed by atoms with E-state index in [-0.39, 0.29) is 42.3 Å². The van der Waals surface area contributed by atoms with Crippen molar-refractivity contribution in [2.24, 2.45) is 0 Å². The fourth-order valence-corrected chi connectivity index (χ4v) is 6.76. The number of amides is 1. The number of methoxy groups -OCH3 is 1. The molecule has 1 aliphatic carbocycles. The van der Waals surface area contributed by atoms with Crippen LogP contribution in [0.2, 0.25) is 0 Å². The second-order valence-electron chi connectivity index (χ2n) is 13.3. The molecule has 1 unspecified atom stereocenters. The molecule has 3 aromatic heterocycles. The van der Waals surface area contributed by atoms with Crippen molar-refractivity contribution in [3.63, 3.8) is 0 Å². The van der Waals surface area contributed by atoms with Gasteiger partial charge >= 0.3 is 11.8 Å². The normalized spacial score (nSPS) is 16.3. The summed E-state index contributed by atoms with van der Waals surface area (Å²) in [7, 11) is 1.57. The number of fused-ring (bicyclic) bond motifs is 1. The van der Waals surface area contributed by atoms with E-state index in [1.165, 1.54) is 9.47 Å². The summed E-state index contributed by atoms with van der Waals surface area (Å²) in [5.41, 5.74) is 3.44. The van der Waals surface area contributed by atoms with Crippen molar-refractivity contribution in [3.05, 3.63) is 93.9 Å². The maximum Gasteiger partial charge on any atom is 0.407 e. The highest BCUT2D eigenvalue weighted by atomic mass is 19.1. The lowest BCUT2D eigenvalue weighted by atomic mass is 9.99. The first kappa shape index (κ1) is 33.0. The van der Waals surface area contributed by atoms with Crippen LogP contribution in [0.5, 0.6) is 17.2 Å². The molecule has 1 saturated heterocycles. The zero-order chi connectivity index (χ0) is 35.3. The summed E-state index contributed by atoms with van der Waals surface area (Å²) in [4.78, 5) is 44.0. The van der Waals surface area contributed by atoms with Gasteiger partial charge in [0.2, 0.25) is 0 Å². The van der Waals surface area contributed by atoms with Gasteiger partial charge in [-0.25, -0.2) is 23.5 Å². The molecular formula is C38H39FN6O5. The molecule has 11 nitrogen and oxygen atoms in total. The number of carboxylic acid groups (broad SMARTS) is 1. The predicted molar refractivity (Wildman–Crippen MR) is 189 cm³/mol. The minimum absolute atomic E-state index is 0.0231. The van der Waals surface area contributed by atoms with Crippen molar-refractivity contribution in [1.82, 2.24) is 24.4 Å². The summed E-state index contributed by atoms with van der Waals surface area (Å²) in [6, 6.07) is 15.5. The molecule has 0 bridgehead atoms. The van der Waals surface area contributed by atoms with Gasteiger partial charge in [0.1, 0.15) is 17.3 Å². The van der Waals surface area contributed by atoms with Crippen molar-refractivity contribution in [2.75, 3.05) is 31.6 Å². The fraction of sp³-hybridized carbons (Fsp3) is 0.342. The summed E-state index contributed by atoms with van der Waals surface area (Å²) in [5.74, 6) is 1.13. The largest absolute Gasteiger partial charge is 0.497 e. The topological polar surface area (TPSA) is 123 Å². The number of pyridine rings is 2. The zero-order valence-corrected chi connectivity index (χ0v) is 28.7. The van der Waals surface area contributed by atoms with E-state index in [2.05, 4.69) is 9.97 Å². The van der Waals surface area contributed by atoms with Crippen LogP contribution in [0.3, 0.4) is 0 Å². The molecule has 7 rings (SSSR count). The van der Waals surface area contributed by atoms with Crippen LogP contribution < -0.4 is 20.1 Å². The van der Waals surface area contributed by atoms with Gasteiger partial charge in [-0.3, -0.25) is 4.98 Å². The van der Waals surface area contributed by atoms with Gasteiger partial charge in [0, 0.05) is 37.4 Å².